The molecule has 0 bridgehead atoms. The number of imide groups is 1. The molecule has 1 atom stereocenters. The number of hydrogen-bond donors (Lipinski definition) is 2. The average molecular weight is 463 g/mol. The van der Waals surface area contributed by atoms with Gasteiger partial charge in [-0.05, 0) is 48.1 Å². The van der Waals surface area contributed by atoms with Crippen molar-refractivity contribution >= 4 is 29.6 Å². The highest BCUT2D eigenvalue weighted by atomic mass is 16.6. The third kappa shape index (κ3) is 3.67. The summed E-state index contributed by atoms with van der Waals surface area (Å²) in [5.41, 5.74) is 2.91. The fourth-order valence-electron chi connectivity index (χ4n) is 5.07. The first-order chi connectivity index (χ1) is 16.4. The van der Waals surface area contributed by atoms with Gasteiger partial charge in [-0.3, -0.25) is 9.59 Å². The minimum atomic E-state index is -1.41. The normalized spacial score (nSPS) is 21.1. The van der Waals surface area contributed by atoms with Crippen LogP contribution in [0.25, 0.3) is 0 Å². The van der Waals surface area contributed by atoms with Crippen molar-refractivity contribution < 1.29 is 23.9 Å². The Hall–Kier alpha value is -3.88. The van der Waals surface area contributed by atoms with Crippen LogP contribution in [0.2, 0.25) is 0 Å². The van der Waals surface area contributed by atoms with E-state index in [0.717, 1.165) is 28.9 Å². The number of anilines is 1. The monoisotopic (exact) mass is 462 g/mol. The Balaban J connectivity index is 1.33. The van der Waals surface area contributed by atoms with E-state index >= 15 is 0 Å². The van der Waals surface area contributed by atoms with Gasteiger partial charge in [0.15, 0.2) is 0 Å². The lowest BCUT2D eigenvalue weighted by Gasteiger charge is -2.23. The van der Waals surface area contributed by atoms with Crippen molar-refractivity contribution in [2.45, 2.75) is 37.8 Å². The zero-order chi connectivity index (χ0) is 23.9. The Kier molecular flexibility index (Phi) is 5.47. The molecule has 1 saturated heterocycles. The number of rotatable bonds is 3. The van der Waals surface area contributed by atoms with Gasteiger partial charge in [0.1, 0.15) is 6.54 Å². The number of ether oxygens (including phenoxy) is 1. The maximum absolute atomic E-state index is 13.4. The Labute approximate surface area is 197 Å². The minimum Gasteiger partial charge on any atom is -0.427 e. The molecule has 0 saturated carbocycles. The Bertz CT molecular complexity index is 1200. The van der Waals surface area contributed by atoms with Crippen LogP contribution in [-0.4, -0.2) is 53.9 Å². The molecule has 5 rings (SSSR count). The number of nitrogens with zero attached hydrogens (tertiary/aromatic N) is 2. The third-order valence-electron chi connectivity index (χ3n) is 6.84. The summed E-state index contributed by atoms with van der Waals surface area (Å²) < 4.78 is 5.64. The number of carbonyl (C=O) groups excluding carboxylic acids is 4. The molecular formula is C25H26N4O5. The number of hydrogen-bond acceptors (Lipinski definition) is 5. The van der Waals surface area contributed by atoms with Crippen LogP contribution < -0.4 is 10.6 Å². The summed E-state index contributed by atoms with van der Waals surface area (Å²) in [6.45, 7) is 0.689. The highest BCUT2D eigenvalue weighted by Crippen LogP contribution is 2.46. The lowest BCUT2D eigenvalue weighted by atomic mass is 9.94. The highest BCUT2D eigenvalue weighted by Gasteiger charge is 2.58. The molecule has 0 aromatic heterocycles. The summed E-state index contributed by atoms with van der Waals surface area (Å²) in [5, 5.41) is 5.19. The van der Waals surface area contributed by atoms with Gasteiger partial charge >= 0.3 is 12.1 Å². The number of nitrogens with one attached hydrogen (secondary N) is 2. The van der Waals surface area contributed by atoms with Crippen LogP contribution in [0.5, 0.6) is 0 Å². The van der Waals surface area contributed by atoms with Crippen molar-refractivity contribution in [3.8, 4) is 0 Å². The molecule has 0 radical (unpaired) electrons. The molecule has 2 aromatic carbocycles. The second-order valence-electron chi connectivity index (χ2n) is 8.85. The van der Waals surface area contributed by atoms with Crippen LogP contribution in [0.4, 0.5) is 15.3 Å². The molecule has 2 N–H and O–H groups in total. The SMILES string of the molecule is CNC(=O)Nc1ccc2c(c1)CC[C@@]21OC(=O)N(CC(=O)N2CCCc3ccccc3C2)C1=O. The summed E-state index contributed by atoms with van der Waals surface area (Å²) >= 11 is 0. The zero-order valence-corrected chi connectivity index (χ0v) is 18.9. The molecule has 9 nitrogen and oxygen atoms in total. The summed E-state index contributed by atoms with van der Waals surface area (Å²) in [6, 6.07) is 12.8. The van der Waals surface area contributed by atoms with E-state index < -0.39 is 17.6 Å². The van der Waals surface area contributed by atoms with Gasteiger partial charge in [0.25, 0.3) is 5.91 Å². The van der Waals surface area contributed by atoms with Gasteiger partial charge < -0.3 is 20.3 Å². The zero-order valence-electron chi connectivity index (χ0n) is 18.9. The van der Waals surface area contributed by atoms with E-state index in [-0.39, 0.29) is 18.5 Å². The average Bonchev–Trinajstić information content (AvgIpc) is 3.19. The van der Waals surface area contributed by atoms with Gasteiger partial charge in [-0.2, -0.15) is 0 Å². The van der Waals surface area contributed by atoms with Crippen LogP contribution in [0.3, 0.4) is 0 Å². The fourth-order valence-corrected chi connectivity index (χ4v) is 5.07. The minimum absolute atomic E-state index is 0.276. The van der Waals surface area contributed by atoms with Crippen molar-refractivity contribution in [2.24, 2.45) is 0 Å². The third-order valence-corrected chi connectivity index (χ3v) is 6.84. The number of urea groups is 1. The van der Waals surface area contributed by atoms with E-state index in [9.17, 15) is 19.2 Å². The van der Waals surface area contributed by atoms with Crippen molar-refractivity contribution in [3.05, 3.63) is 64.7 Å². The quantitative estimate of drug-likeness (QED) is 0.729. The van der Waals surface area contributed by atoms with Gasteiger partial charge in [-0.1, -0.05) is 30.3 Å². The maximum atomic E-state index is 13.4. The van der Waals surface area contributed by atoms with Gasteiger partial charge in [0.05, 0.1) is 0 Å². The summed E-state index contributed by atoms with van der Waals surface area (Å²) in [6.07, 6.45) is 1.74. The Morgan fingerprint density at radius 1 is 1.06 bits per heavy atom. The van der Waals surface area contributed by atoms with Gasteiger partial charge in [0, 0.05) is 37.8 Å². The highest BCUT2D eigenvalue weighted by molar-refractivity contribution is 6.06. The topological polar surface area (TPSA) is 108 Å². The van der Waals surface area contributed by atoms with Crippen molar-refractivity contribution in [3.63, 3.8) is 0 Å². The molecule has 2 aromatic rings. The molecule has 1 fully saturated rings. The summed E-state index contributed by atoms with van der Waals surface area (Å²) in [7, 11) is 1.52. The fraction of sp³-hybridized carbons (Fsp3) is 0.360. The molecule has 1 spiro atoms. The van der Waals surface area contributed by atoms with E-state index in [1.165, 1.54) is 12.6 Å². The van der Waals surface area contributed by atoms with Crippen LogP contribution >= 0.6 is 0 Å². The molecular weight excluding hydrogens is 436 g/mol. The van der Waals surface area contributed by atoms with Gasteiger partial charge in [-0.25, -0.2) is 14.5 Å². The smallest absolute Gasteiger partial charge is 0.418 e. The Morgan fingerprint density at radius 2 is 1.85 bits per heavy atom. The lowest BCUT2D eigenvalue weighted by Crippen LogP contribution is -2.44. The largest absolute Gasteiger partial charge is 0.427 e. The predicted molar refractivity (Wildman–Crippen MR) is 123 cm³/mol. The number of carbonyl (C=O) groups is 4. The van der Waals surface area contributed by atoms with Crippen molar-refractivity contribution in [2.75, 3.05) is 25.5 Å². The molecule has 176 valence electrons. The Morgan fingerprint density at radius 3 is 2.65 bits per heavy atom. The predicted octanol–water partition coefficient (Wildman–Crippen LogP) is 2.53. The number of aryl methyl sites for hydroxylation is 2. The van der Waals surface area contributed by atoms with Crippen molar-refractivity contribution in [1.29, 1.82) is 0 Å². The molecule has 2 heterocycles. The molecule has 1 aliphatic carbocycles. The first-order valence-corrected chi connectivity index (χ1v) is 11.4. The molecule has 9 heteroatoms. The second kappa shape index (κ2) is 8.48. The number of amides is 5. The first kappa shape index (κ1) is 21.9. The molecule has 34 heavy (non-hydrogen) atoms. The molecule has 2 aliphatic heterocycles. The molecule has 3 aliphatic rings. The maximum Gasteiger partial charge on any atom is 0.418 e. The first-order valence-electron chi connectivity index (χ1n) is 11.4. The van der Waals surface area contributed by atoms with E-state index in [2.05, 4.69) is 16.7 Å². The second-order valence-corrected chi connectivity index (χ2v) is 8.85. The van der Waals surface area contributed by atoms with E-state index in [1.54, 1.807) is 23.1 Å². The standard InChI is InChI=1S/C25H26N4O5/c1-26-23(32)27-19-8-9-20-17(13-19)10-11-25(20)22(31)29(24(33)34-25)15-21(30)28-12-4-7-16-5-2-3-6-18(16)14-28/h2-3,5-6,8-9,13H,4,7,10-12,14-15H2,1H3,(H2,26,27,32)/t25-/m1/s1. The number of fused-ring (bicyclic) bond motifs is 3. The molecule has 5 amide bonds. The van der Waals surface area contributed by atoms with Crippen LogP contribution in [0.15, 0.2) is 42.5 Å². The summed E-state index contributed by atoms with van der Waals surface area (Å²) in [4.78, 5) is 53.5. The van der Waals surface area contributed by atoms with Crippen molar-refractivity contribution in [1.82, 2.24) is 15.1 Å². The van der Waals surface area contributed by atoms with E-state index in [1.807, 2.05) is 18.2 Å². The van der Waals surface area contributed by atoms with Crippen LogP contribution in [0.1, 0.15) is 35.1 Å². The summed E-state index contributed by atoms with van der Waals surface area (Å²) in [5.74, 6) is -0.783. The van der Waals surface area contributed by atoms with E-state index in [0.29, 0.717) is 37.2 Å². The lowest BCUT2D eigenvalue weighted by molar-refractivity contribution is -0.142. The number of benzene rings is 2. The molecule has 0 unspecified atom stereocenters. The van der Waals surface area contributed by atoms with Crippen LogP contribution in [0, 0.1) is 0 Å². The van der Waals surface area contributed by atoms with E-state index in [4.69, 9.17) is 4.74 Å². The van der Waals surface area contributed by atoms with Crippen LogP contribution in [-0.2, 0) is 39.3 Å². The van der Waals surface area contributed by atoms with Gasteiger partial charge in [0.2, 0.25) is 11.5 Å². The van der Waals surface area contributed by atoms with Gasteiger partial charge in [-0.15, -0.1) is 0 Å².